The molecule has 0 aliphatic carbocycles. The van der Waals surface area contributed by atoms with Crippen LogP contribution < -0.4 is 5.73 Å². The fourth-order valence-corrected chi connectivity index (χ4v) is 1.25. The van der Waals surface area contributed by atoms with Crippen molar-refractivity contribution in [2.45, 2.75) is 13.0 Å². The summed E-state index contributed by atoms with van der Waals surface area (Å²) in [5.74, 6) is 0.0125. The summed E-state index contributed by atoms with van der Waals surface area (Å²) >= 11 is 5.50. The molecule has 72 valence electrons. The van der Waals surface area contributed by atoms with Gasteiger partial charge in [-0.1, -0.05) is 11.6 Å². The quantitative estimate of drug-likeness (QED) is 0.779. The maximum atomic E-state index is 12.3. The predicted molar refractivity (Wildman–Crippen MR) is 44.5 cm³/mol. The molecule has 0 aliphatic heterocycles. The molecule has 0 fully saturated rings. The minimum atomic E-state index is -2.76. The molecule has 0 unspecified atom stereocenters. The molecule has 1 heterocycles. The molecule has 0 radical (unpaired) electrons. The zero-order valence-corrected chi connectivity index (χ0v) is 7.22. The standard InChI is InChI=1S/C7H7ClF2N2O/c8-3-1-5(11)12-4(2-13)6(3)7(9)10/h1,7,13H,2H2,(H2,11,12). The molecule has 1 aromatic rings. The van der Waals surface area contributed by atoms with Crippen LogP contribution in [0.25, 0.3) is 0 Å². The number of nitrogens with zero attached hydrogens (tertiary/aromatic N) is 1. The Kier molecular flexibility index (Phi) is 3.00. The second-order valence-corrected chi connectivity index (χ2v) is 2.76. The Hall–Kier alpha value is -0.940. The largest absolute Gasteiger partial charge is 0.390 e. The Morgan fingerprint density at radius 2 is 2.23 bits per heavy atom. The zero-order chi connectivity index (χ0) is 10.0. The third-order valence-electron chi connectivity index (χ3n) is 1.47. The summed E-state index contributed by atoms with van der Waals surface area (Å²) in [6.07, 6.45) is -2.76. The summed E-state index contributed by atoms with van der Waals surface area (Å²) in [7, 11) is 0. The number of halogens is 3. The number of hydrogen-bond donors (Lipinski definition) is 2. The smallest absolute Gasteiger partial charge is 0.267 e. The van der Waals surface area contributed by atoms with E-state index in [0.717, 1.165) is 6.07 Å². The van der Waals surface area contributed by atoms with Crippen LogP contribution in [0.1, 0.15) is 17.7 Å². The van der Waals surface area contributed by atoms with Crippen LogP contribution in [0.4, 0.5) is 14.6 Å². The van der Waals surface area contributed by atoms with Crippen molar-refractivity contribution in [2.75, 3.05) is 5.73 Å². The van der Waals surface area contributed by atoms with Crippen molar-refractivity contribution in [1.82, 2.24) is 4.98 Å². The third-order valence-corrected chi connectivity index (χ3v) is 1.79. The monoisotopic (exact) mass is 208 g/mol. The highest BCUT2D eigenvalue weighted by Crippen LogP contribution is 2.30. The van der Waals surface area contributed by atoms with E-state index < -0.39 is 18.6 Å². The lowest BCUT2D eigenvalue weighted by Crippen LogP contribution is -2.02. The van der Waals surface area contributed by atoms with E-state index >= 15 is 0 Å². The van der Waals surface area contributed by atoms with Gasteiger partial charge in [0.15, 0.2) is 0 Å². The molecule has 3 nitrogen and oxygen atoms in total. The van der Waals surface area contributed by atoms with Gasteiger partial charge in [-0.3, -0.25) is 0 Å². The topological polar surface area (TPSA) is 59.1 Å². The van der Waals surface area contributed by atoms with E-state index in [9.17, 15) is 8.78 Å². The molecule has 3 N–H and O–H groups in total. The second kappa shape index (κ2) is 3.85. The highest BCUT2D eigenvalue weighted by Gasteiger charge is 2.18. The first-order valence-electron chi connectivity index (χ1n) is 3.40. The van der Waals surface area contributed by atoms with Crippen LogP contribution in [0.2, 0.25) is 5.02 Å². The summed E-state index contributed by atoms with van der Waals surface area (Å²) in [5, 5.41) is 8.53. The van der Waals surface area contributed by atoms with E-state index in [1.807, 2.05) is 0 Å². The van der Waals surface area contributed by atoms with Crippen molar-refractivity contribution in [2.24, 2.45) is 0 Å². The molecule has 0 saturated heterocycles. The summed E-state index contributed by atoms with van der Waals surface area (Å²) in [6, 6.07) is 1.13. The Balaban J connectivity index is 3.30. The van der Waals surface area contributed by atoms with Crippen LogP contribution in [0, 0.1) is 0 Å². The first-order valence-corrected chi connectivity index (χ1v) is 3.78. The van der Waals surface area contributed by atoms with Gasteiger partial charge in [-0.25, -0.2) is 13.8 Å². The average Bonchev–Trinajstić information content (AvgIpc) is 2.01. The minimum absolute atomic E-state index is 0.0125. The Morgan fingerprint density at radius 3 is 2.69 bits per heavy atom. The Morgan fingerprint density at radius 1 is 1.62 bits per heavy atom. The van der Waals surface area contributed by atoms with Crippen molar-refractivity contribution >= 4 is 17.4 Å². The molecule has 1 rings (SSSR count). The number of anilines is 1. The highest BCUT2D eigenvalue weighted by atomic mass is 35.5. The van der Waals surface area contributed by atoms with Crippen molar-refractivity contribution in [3.05, 3.63) is 22.3 Å². The molecular formula is C7H7ClF2N2O. The number of hydrogen-bond acceptors (Lipinski definition) is 3. The molecule has 0 atom stereocenters. The second-order valence-electron chi connectivity index (χ2n) is 2.35. The van der Waals surface area contributed by atoms with E-state index in [1.165, 1.54) is 0 Å². The minimum Gasteiger partial charge on any atom is -0.390 e. The molecule has 0 bridgehead atoms. The van der Waals surface area contributed by atoms with E-state index in [1.54, 1.807) is 0 Å². The van der Waals surface area contributed by atoms with Gasteiger partial charge < -0.3 is 10.8 Å². The highest BCUT2D eigenvalue weighted by molar-refractivity contribution is 6.31. The van der Waals surface area contributed by atoms with Gasteiger partial charge in [0.05, 0.1) is 22.9 Å². The fraction of sp³-hybridized carbons (Fsp3) is 0.286. The molecule has 0 aromatic carbocycles. The molecule has 0 spiro atoms. The Bertz CT molecular complexity index is 320. The lowest BCUT2D eigenvalue weighted by molar-refractivity contribution is 0.146. The first kappa shape index (κ1) is 10.1. The van der Waals surface area contributed by atoms with Gasteiger partial charge in [-0.2, -0.15) is 0 Å². The van der Waals surface area contributed by atoms with Crippen molar-refractivity contribution < 1.29 is 13.9 Å². The van der Waals surface area contributed by atoms with Gasteiger partial charge in [0.2, 0.25) is 0 Å². The summed E-state index contributed by atoms with van der Waals surface area (Å²) < 4.78 is 24.7. The number of aliphatic hydroxyl groups excluding tert-OH is 1. The van der Waals surface area contributed by atoms with Gasteiger partial charge in [-0.05, 0) is 6.07 Å². The van der Waals surface area contributed by atoms with E-state index in [-0.39, 0.29) is 16.5 Å². The van der Waals surface area contributed by atoms with E-state index in [2.05, 4.69) is 4.98 Å². The number of pyridine rings is 1. The van der Waals surface area contributed by atoms with Crippen LogP contribution in [0.15, 0.2) is 6.07 Å². The van der Waals surface area contributed by atoms with Crippen LogP contribution >= 0.6 is 11.6 Å². The van der Waals surface area contributed by atoms with Crippen LogP contribution in [-0.2, 0) is 6.61 Å². The lowest BCUT2D eigenvalue weighted by atomic mass is 10.2. The number of alkyl halides is 2. The summed E-state index contributed by atoms with van der Waals surface area (Å²) in [6.45, 7) is -0.607. The van der Waals surface area contributed by atoms with Gasteiger partial charge in [0.1, 0.15) is 5.82 Å². The molecule has 6 heteroatoms. The lowest BCUT2D eigenvalue weighted by Gasteiger charge is -2.08. The SMILES string of the molecule is Nc1cc(Cl)c(C(F)F)c(CO)n1. The molecule has 13 heavy (non-hydrogen) atoms. The van der Waals surface area contributed by atoms with E-state index in [4.69, 9.17) is 22.4 Å². The average molecular weight is 209 g/mol. The first-order chi connectivity index (χ1) is 6.06. The van der Waals surface area contributed by atoms with Crippen LogP contribution in [0.5, 0.6) is 0 Å². The van der Waals surface area contributed by atoms with Gasteiger partial charge in [-0.15, -0.1) is 0 Å². The fourth-order valence-electron chi connectivity index (χ4n) is 0.944. The molecule has 1 aromatic heterocycles. The van der Waals surface area contributed by atoms with Gasteiger partial charge >= 0.3 is 0 Å². The van der Waals surface area contributed by atoms with E-state index in [0.29, 0.717) is 0 Å². The molecular weight excluding hydrogens is 202 g/mol. The summed E-state index contributed by atoms with van der Waals surface area (Å²) in [4.78, 5) is 3.54. The van der Waals surface area contributed by atoms with Crippen LogP contribution in [0.3, 0.4) is 0 Å². The molecule has 0 amide bonds. The van der Waals surface area contributed by atoms with Gasteiger partial charge in [0.25, 0.3) is 6.43 Å². The molecule has 0 aliphatic rings. The van der Waals surface area contributed by atoms with Crippen molar-refractivity contribution in [3.63, 3.8) is 0 Å². The normalized spacial score (nSPS) is 10.8. The van der Waals surface area contributed by atoms with Gasteiger partial charge in [0, 0.05) is 0 Å². The Labute approximate surface area is 78.1 Å². The number of aromatic nitrogens is 1. The van der Waals surface area contributed by atoms with Crippen molar-refractivity contribution in [3.8, 4) is 0 Å². The third kappa shape index (κ3) is 2.05. The number of aliphatic hydroxyl groups is 1. The predicted octanol–water partition coefficient (Wildman–Crippen LogP) is 1.75. The zero-order valence-electron chi connectivity index (χ0n) is 6.47. The maximum Gasteiger partial charge on any atom is 0.267 e. The van der Waals surface area contributed by atoms with Crippen LogP contribution in [-0.4, -0.2) is 10.1 Å². The number of nitrogen functional groups attached to an aromatic ring is 1. The molecule has 0 saturated carbocycles. The number of rotatable bonds is 2. The van der Waals surface area contributed by atoms with Crippen molar-refractivity contribution in [1.29, 1.82) is 0 Å². The summed E-state index contributed by atoms with van der Waals surface area (Å²) in [5.41, 5.74) is 4.61. The number of nitrogens with two attached hydrogens (primary N) is 1. The maximum absolute atomic E-state index is 12.3.